The van der Waals surface area contributed by atoms with E-state index in [-0.39, 0.29) is 18.5 Å². The van der Waals surface area contributed by atoms with Gasteiger partial charge in [-0.15, -0.1) is 12.4 Å². The Morgan fingerprint density at radius 2 is 1.62 bits per heavy atom. The molecule has 1 fully saturated rings. The maximum atomic E-state index is 9.84. The third kappa shape index (κ3) is 5.63. The van der Waals surface area contributed by atoms with Gasteiger partial charge in [-0.05, 0) is 61.1 Å². The maximum absolute atomic E-state index is 9.84. The molecule has 0 unspecified atom stereocenters. The highest BCUT2D eigenvalue weighted by Crippen LogP contribution is 2.27. The van der Waals surface area contributed by atoms with Crippen LogP contribution in [0, 0.1) is 0 Å². The number of nitrogen functional groups attached to an aromatic ring is 1. The van der Waals surface area contributed by atoms with Crippen molar-refractivity contribution in [1.82, 2.24) is 4.90 Å². The Balaban J connectivity index is 0.00000243. The van der Waals surface area contributed by atoms with Gasteiger partial charge in [0, 0.05) is 24.8 Å². The first kappa shape index (κ1) is 20.6. The summed E-state index contributed by atoms with van der Waals surface area (Å²) in [4.78, 5) is 2.51. The van der Waals surface area contributed by atoms with Crippen LogP contribution in [-0.2, 0) is 13.1 Å². The molecule has 2 aromatic rings. The molecule has 0 saturated heterocycles. The van der Waals surface area contributed by atoms with Gasteiger partial charge in [-0.3, -0.25) is 4.90 Å². The first-order valence-corrected chi connectivity index (χ1v) is 9.03. The lowest BCUT2D eigenvalue weighted by molar-refractivity contribution is 0.0665. The van der Waals surface area contributed by atoms with Gasteiger partial charge >= 0.3 is 0 Å². The third-order valence-electron chi connectivity index (χ3n) is 5.04. The number of anilines is 1. The Bertz CT molecular complexity index is 687. The molecular weight excluding hydrogens is 348 g/mol. The largest absolute Gasteiger partial charge is 0.497 e. The lowest BCUT2D eigenvalue weighted by atomic mass is 9.91. The highest BCUT2D eigenvalue weighted by atomic mass is 35.5. The average Bonchev–Trinajstić information content (AvgIpc) is 2.62. The summed E-state index contributed by atoms with van der Waals surface area (Å²) in [5.41, 5.74) is 9.23. The number of nitrogens with two attached hydrogens (primary N) is 1. The fourth-order valence-corrected chi connectivity index (χ4v) is 3.67. The molecule has 4 nitrogen and oxygen atoms in total. The zero-order valence-corrected chi connectivity index (χ0v) is 16.1. The Kier molecular flexibility index (Phi) is 7.76. The van der Waals surface area contributed by atoms with Crippen molar-refractivity contribution in [1.29, 1.82) is 0 Å². The number of rotatable bonds is 6. The van der Waals surface area contributed by atoms with Gasteiger partial charge in [-0.25, -0.2) is 0 Å². The van der Waals surface area contributed by atoms with Crippen molar-refractivity contribution in [2.45, 2.75) is 50.9 Å². The zero-order chi connectivity index (χ0) is 17.6. The fourth-order valence-electron chi connectivity index (χ4n) is 3.67. The van der Waals surface area contributed by atoms with E-state index in [9.17, 15) is 5.11 Å². The highest BCUT2D eigenvalue weighted by molar-refractivity contribution is 5.85. The minimum absolute atomic E-state index is 0. The Hall–Kier alpha value is -1.75. The molecule has 0 heterocycles. The number of benzene rings is 2. The van der Waals surface area contributed by atoms with Crippen molar-refractivity contribution >= 4 is 18.1 Å². The fraction of sp³-hybridized carbons (Fsp3) is 0.429. The number of ether oxygens (including phenoxy) is 1. The molecule has 0 amide bonds. The number of nitrogens with zero attached hydrogens (tertiary/aromatic N) is 1. The predicted octanol–water partition coefficient (Wildman–Crippen LogP) is 4.00. The molecule has 0 spiro atoms. The molecule has 3 N–H and O–H groups in total. The monoisotopic (exact) mass is 376 g/mol. The topological polar surface area (TPSA) is 58.7 Å². The van der Waals surface area contributed by atoms with Crippen LogP contribution < -0.4 is 10.5 Å². The van der Waals surface area contributed by atoms with E-state index < -0.39 is 0 Å². The van der Waals surface area contributed by atoms with Gasteiger partial charge < -0.3 is 15.6 Å². The van der Waals surface area contributed by atoms with E-state index in [4.69, 9.17) is 10.5 Å². The van der Waals surface area contributed by atoms with Crippen LogP contribution in [0.2, 0.25) is 0 Å². The maximum Gasteiger partial charge on any atom is 0.119 e. The second-order valence-electron chi connectivity index (χ2n) is 6.96. The van der Waals surface area contributed by atoms with Crippen LogP contribution >= 0.6 is 12.4 Å². The van der Waals surface area contributed by atoms with Gasteiger partial charge in [0.05, 0.1) is 13.2 Å². The molecule has 3 rings (SSSR count). The van der Waals surface area contributed by atoms with Gasteiger partial charge in [0.2, 0.25) is 0 Å². The molecule has 142 valence electrons. The molecule has 1 aliphatic rings. The molecule has 1 aliphatic carbocycles. The lowest BCUT2D eigenvalue weighted by Crippen LogP contribution is -2.38. The summed E-state index contributed by atoms with van der Waals surface area (Å²) in [5.74, 6) is 0.889. The van der Waals surface area contributed by atoms with Gasteiger partial charge in [0.25, 0.3) is 0 Å². The Morgan fingerprint density at radius 3 is 2.23 bits per heavy atom. The standard InChI is InChI=1S/C21H28N2O2.ClH/c1-25-21-7-3-5-17(13-21)15-23(19-8-10-20(24)11-9-19)14-16-4-2-6-18(22)12-16;/h2-7,12-13,19-20,24H,8-11,14-15,22H2,1H3;1H. The summed E-state index contributed by atoms with van der Waals surface area (Å²) < 4.78 is 5.36. The summed E-state index contributed by atoms with van der Waals surface area (Å²) in [7, 11) is 1.70. The van der Waals surface area contributed by atoms with Crippen molar-refractivity contribution in [3.05, 3.63) is 59.7 Å². The second kappa shape index (κ2) is 9.81. The Morgan fingerprint density at radius 1 is 1.00 bits per heavy atom. The van der Waals surface area contributed by atoms with Gasteiger partial charge in [0.15, 0.2) is 0 Å². The molecule has 0 radical (unpaired) electrons. The van der Waals surface area contributed by atoms with E-state index in [2.05, 4.69) is 29.2 Å². The summed E-state index contributed by atoms with van der Waals surface area (Å²) in [6.45, 7) is 1.73. The molecule has 5 heteroatoms. The molecule has 0 aliphatic heterocycles. The van der Waals surface area contributed by atoms with E-state index >= 15 is 0 Å². The lowest BCUT2D eigenvalue weighted by Gasteiger charge is -2.36. The number of aliphatic hydroxyl groups is 1. The van der Waals surface area contributed by atoms with Crippen molar-refractivity contribution in [2.24, 2.45) is 0 Å². The average molecular weight is 377 g/mol. The summed E-state index contributed by atoms with van der Waals surface area (Å²) >= 11 is 0. The number of halogens is 1. The molecule has 26 heavy (non-hydrogen) atoms. The zero-order valence-electron chi connectivity index (χ0n) is 15.3. The van der Waals surface area contributed by atoms with E-state index in [1.54, 1.807) is 7.11 Å². The smallest absolute Gasteiger partial charge is 0.119 e. The predicted molar refractivity (Wildman–Crippen MR) is 109 cm³/mol. The molecule has 0 aromatic heterocycles. The van der Waals surface area contributed by atoms with Crippen molar-refractivity contribution in [2.75, 3.05) is 12.8 Å². The van der Waals surface area contributed by atoms with Gasteiger partial charge in [-0.1, -0.05) is 24.3 Å². The summed E-state index contributed by atoms with van der Waals surface area (Å²) in [6, 6.07) is 16.9. The first-order valence-electron chi connectivity index (χ1n) is 9.03. The molecular formula is C21H29ClN2O2. The Labute approximate surface area is 162 Å². The second-order valence-corrected chi connectivity index (χ2v) is 6.96. The number of methoxy groups -OCH3 is 1. The van der Waals surface area contributed by atoms with Crippen LogP contribution in [0.5, 0.6) is 5.75 Å². The molecule has 1 saturated carbocycles. The SMILES string of the molecule is COc1cccc(CN(Cc2cccc(N)c2)C2CCC(O)CC2)c1.Cl. The van der Waals surface area contributed by atoms with Gasteiger partial charge in [0.1, 0.15) is 5.75 Å². The normalized spacial score (nSPS) is 19.8. The number of aliphatic hydroxyl groups excluding tert-OH is 1. The van der Waals surface area contributed by atoms with Crippen molar-refractivity contribution in [3.8, 4) is 5.75 Å². The highest BCUT2D eigenvalue weighted by Gasteiger charge is 2.25. The van der Waals surface area contributed by atoms with Crippen LogP contribution in [0.3, 0.4) is 0 Å². The minimum atomic E-state index is -0.137. The third-order valence-corrected chi connectivity index (χ3v) is 5.04. The van der Waals surface area contributed by atoms with Crippen LogP contribution in [0.1, 0.15) is 36.8 Å². The van der Waals surface area contributed by atoms with Crippen LogP contribution in [0.25, 0.3) is 0 Å². The number of hydrogen-bond acceptors (Lipinski definition) is 4. The minimum Gasteiger partial charge on any atom is -0.497 e. The van der Waals surface area contributed by atoms with E-state index in [0.717, 1.165) is 50.2 Å². The van der Waals surface area contributed by atoms with Crippen LogP contribution in [0.15, 0.2) is 48.5 Å². The molecule has 2 aromatic carbocycles. The summed E-state index contributed by atoms with van der Waals surface area (Å²) in [5, 5.41) is 9.84. The van der Waals surface area contributed by atoms with E-state index in [1.807, 2.05) is 24.3 Å². The molecule has 0 atom stereocenters. The quantitative estimate of drug-likeness (QED) is 0.748. The van der Waals surface area contributed by atoms with Crippen LogP contribution in [-0.4, -0.2) is 29.3 Å². The van der Waals surface area contributed by atoms with E-state index in [0.29, 0.717) is 6.04 Å². The first-order chi connectivity index (χ1) is 12.1. The molecule has 0 bridgehead atoms. The van der Waals surface area contributed by atoms with Crippen molar-refractivity contribution in [3.63, 3.8) is 0 Å². The van der Waals surface area contributed by atoms with E-state index in [1.165, 1.54) is 11.1 Å². The number of hydrogen-bond donors (Lipinski definition) is 2. The van der Waals surface area contributed by atoms with Gasteiger partial charge in [-0.2, -0.15) is 0 Å². The summed E-state index contributed by atoms with van der Waals surface area (Å²) in [6.07, 6.45) is 3.70. The van der Waals surface area contributed by atoms with Crippen molar-refractivity contribution < 1.29 is 9.84 Å². The van der Waals surface area contributed by atoms with Crippen LogP contribution in [0.4, 0.5) is 5.69 Å².